The van der Waals surface area contributed by atoms with Crippen LogP contribution < -0.4 is 20.2 Å². The first-order valence-corrected chi connectivity index (χ1v) is 8.23. The summed E-state index contributed by atoms with van der Waals surface area (Å²) in [5, 5.41) is 15.9. The Hall–Kier alpha value is -3.55. The van der Waals surface area contributed by atoms with Gasteiger partial charge in [-0.25, -0.2) is 5.43 Å². The molecule has 0 aliphatic heterocycles. The minimum atomic E-state index is -0.886. The second-order valence-electron chi connectivity index (χ2n) is 5.39. The predicted octanol–water partition coefficient (Wildman–Crippen LogP) is 1.57. The first kappa shape index (κ1) is 19.8. The number of carbonyl (C=O) groups is 2. The van der Waals surface area contributed by atoms with Gasteiger partial charge in [0.15, 0.2) is 11.5 Å². The number of hydrazone groups is 1. The molecule has 8 nitrogen and oxygen atoms in total. The predicted molar refractivity (Wildman–Crippen MR) is 99.9 cm³/mol. The normalized spacial score (nSPS) is 10.4. The highest BCUT2D eigenvalue weighted by atomic mass is 16.5. The van der Waals surface area contributed by atoms with Crippen molar-refractivity contribution in [2.24, 2.45) is 5.10 Å². The van der Waals surface area contributed by atoms with Crippen molar-refractivity contribution in [3.8, 4) is 17.2 Å². The molecule has 2 aromatic rings. The van der Waals surface area contributed by atoms with E-state index in [0.29, 0.717) is 23.7 Å². The van der Waals surface area contributed by atoms with Crippen LogP contribution in [0.1, 0.15) is 18.1 Å². The lowest BCUT2D eigenvalue weighted by Crippen LogP contribution is -2.37. The number of ether oxygens (including phenoxy) is 2. The van der Waals surface area contributed by atoms with Crippen LogP contribution in [0.3, 0.4) is 0 Å². The third-order valence-corrected chi connectivity index (χ3v) is 3.48. The number of amides is 2. The monoisotopic (exact) mass is 371 g/mol. The number of methoxy groups -OCH3 is 1. The molecule has 2 aromatic carbocycles. The average Bonchev–Trinajstić information content (AvgIpc) is 2.69. The summed E-state index contributed by atoms with van der Waals surface area (Å²) < 4.78 is 10.3. The summed E-state index contributed by atoms with van der Waals surface area (Å²) in [5.74, 6) is -0.660. The summed E-state index contributed by atoms with van der Waals surface area (Å²) in [6.45, 7) is 2.40. The van der Waals surface area contributed by atoms with Crippen LogP contribution in [-0.4, -0.2) is 36.9 Å². The zero-order valence-electron chi connectivity index (χ0n) is 15.1. The van der Waals surface area contributed by atoms with Gasteiger partial charge in [-0.05, 0) is 48.4 Å². The second-order valence-corrected chi connectivity index (χ2v) is 5.39. The molecule has 27 heavy (non-hydrogen) atoms. The number of benzene rings is 2. The summed E-state index contributed by atoms with van der Waals surface area (Å²) in [5.41, 5.74) is 3.57. The summed E-state index contributed by atoms with van der Waals surface area (Å²) in [6, 6.07) is 11.7. The number of hydrogen-bond acceptors (Lipinski definition) is 6. The standard InChI is InChI=1S/C19H21N3O5/c1-3-27-17-10-14(6-9-16(17)23)12-21-22-19(25)18(24)20-11-13-4-7-15(26-2)8-5-13/h4-10,12,23H,3,11H2,1-2H3,(H,20,24)(H,22,25)/b21-12-. The maximum atomic E-state index is 11.8. The zero-order valence-corrected chi connectivity index (χ0v) is 15.1. The average molecular weight is 371 g/mol. The number of hydrogen-bond donors (Lipinski definition) is 3. The Balaban J connectivity index is 1.84. The fourth-order valence-electron chi connectivity index (χ4n) is 2.10. The highest BCUT2D eigenvalue weighted by Gasteiger charge is 2.12. The van der Waals surface area contributed by atoms with E-state index >= 15 is 0 Å². The van der Waals surface area contributed by atoms with E-state index in [1.165, 1.54) is 12.3 Å². The van der Waals surface area contributed by atoms with Crippen LogP contribution in [0.2, 0.25) is 0 Å². The zero-order chi connectivity index (χ0) is 19.6. The van der Waals surface area contributed by atoms with Gasteiger partial charge in [-0.15, -0.1) is 0 Å². The molecule has 0 aliphatic rings. The highest BCUT2D eigenvalue weighted by Crippen LogP contribution is 2.26. The SMILES string of the molecule is CCOc1cc(/C=N\NC(=O)C(=O)NCc2ccc(OC)cc2)ccc1O. The maximum absolute atomic E-state index is 11.8. The van der Waals surface area contributed by atoms with Crippen molar-refractivity contribution >= 4 is 18.0 Å². The van der Waals surface area contributed by atoms with E-state index in [-0.39, 0.29) is 12.3 Å². The molecule has 0 radical (unpaired) electrons. The van der Waals surface area contributed by atoms with Crippen LogP contribution >= 0.6 is 0 Å². The molecule has 0 aromatic heterocycles. The molecule has 0 fully saturated rings. The molecular weight excluding hydrogens is 350 g/mol. The van der Waals surface area contributed by atoms with Crippen molar-refractivity contribution in [2.75, 3.05) is 13.7 Å². The summed E-state index contributed by atoms with van der Waals surface area (Å²) >= 11 is 0. The minimum absolute atomic E-state index is 0.0101. The van der Waals surface area contributed by atoms with Gasteiger partial charge in [0, 0.05) is 6.54 Å². The van der Waals surface area contributed by atoms with Crippen LogP contribution in [0, 0.1) is 0 Å². The molecule has 0 unspecified atom stereocenters. The molecule has 0 heterocycles. The Morgan fingerprint density at radius 3 is 2.56 bits per heavy atom. The number of rotatable bonds is 7. The molecule has 2 amide bonds. The largest absolute Gasteiger partial charge is 0.504 e. The number of nitrogens with zero attached hydrogens (tertiary/aromatic N) is 1. The van der Waals surface area contributed by atoms with E-state index in [4.69, 9.17) is 9.47 Å². The molecule has 0 saturated heterocycles. The van der Waals surface area contributed by atoms with Crippen LogP contribution in [0.4, 0.5) is 0 Å². The van der Waals surface area contributed by atoms with Gasteiger partial charge in [0.25, 0.3) is 0 Å². The summed E-state index contributed by atoms with van der Waals surface area (Å²) in [7, 11) is 1.57. The van der Waals surface area contributed by atoms with E-state index in [1.807, 2.05) is 0 Å². The van der Waals surface area contributed by atoms with Crippen LogP contribution in [-0.2, 0) is 16.1 Å². The van der Waals surface area contributed by atoms with Gasteiger partial charge in [-0.3, -0.25) is 9.59 Å². The molecule has 8 heteroatoms. The van der Waals surface area contributed by atoms with E-state index in [1.54, 1.807) is 50.4 Å². The number of carbonyl (C=O) groups excluding carboxylic acids is 2. The van der Waals surface area contributed by atoms with Gasteiger partial charge in [-0.1, -0.05) is 12.1 Å². The fourth-order valence-corrected chi connectivity index (χ4v) is 2.10. The third-order valence-electron chi connectivity index (χ3n) is 3.48. The molecule has 2 rings (SSSR count). The van der Waals surface area contributed by atoms with Gasteiger partial charge in [-0.2, -0.15) is 5.10 Å². The second kappa shape index (κ2) is 9.81. The van der Waals surface area contributed by atoms with Crippen molar-refractivity contribution in [2.45, 2.75) is 13.5 Å². The topological polar surface area (TPSA) is 109 Å². The molecular formula is C19H21N3O5. The first-order valence-electron chi connectivity index (χ1n) is 8.23. The molecule has 0 aliphatic carbocycles. The number of nitrogens with one attached hydrogen (secondary N) is 2. The van der Waals surface area contributed by atoms with Crippen molar-refractivity contribution in [3.63, 3.8) is 0 Å². The van der Waals surface area contributed by atoms with E-state index in [9.17, 15) is 14.7 Å². The number of phenols is 1. The van der Waals surface area contributed by atoms with E-state index < -0.39 is 11.8 Å². The lowest BCUT2D eigenvalue weighted by atomic mass is 10.2. The summed E-state index contributed by atoms with van der Waals surface area (Å²) in [6.07, 6.45) is 1.34. The van der Waals surface area contributed by atoms with Crippen LogP contribution in [0.15, 0.2) is 47.6 Å². The van der Waals surface area contributed by atoms with Crippen molar-refractivity contribution in [3.05, 3.63) is 53.6 Å². The fraction of sp³-hybridized carbons (Fsp3) is 0.211. The third kappa shape index (κ3) is 6.03. The Morgan fingerprint density at radius 1 is 1.15 bits per heavy atom. The van der Waals surface area contributed by atoms with Gasteiger partial charge in [0.1, 0.15) is 5.75 Å². The van der Waals surface area contributed by atoms with Gasteiger partial charge >= 0.3 is 11.8 Å². The molecule has 0 bridgehead atoms. The van der Waals surface area contributed by atoms with Crippen molar-refractivity contribution < 1.29 is 24.2 Å². The van der Waals surface area contributed by atoms with E-state index in [0.717, 1.165) is 5.56 Å². The molecule has 142 valence electrons. The Morgan fingerprint density at radius 2 is 1.89 bits per heavy atom. The molecule has 0 atom stereocenters. The van der Waals surface area contributed by atoms with Crippen molar-refractivity contribution in [1.29, 1.82) is 0 Å². The lowest BCUT2D eigenvalue weighted by Gasteiger charge is -2.06. The Kier molecular flexibility index (Phi) is 7.18. The smallest absolute Gasteiger partial charge is 0.329 e. The van der Waals surface area contributed by atoms with Gasteiger partial charge in [0.2, 0.25) is 0 Å². The number of aromatic hydroxyl groups is 1. The number of phenolic OH excluding ortho intramolecular Hbond substituents is 1. The molecule has 0 saturated carbocycles. The molecule has 3 N–H and O–H groups in total. The van der Waals surface area contributed by atoms with Crippen LogP contribution in [0.25, 0.3) is 0 Å². The van der Waals surface area contributed by atoms with Gasteiger partial charge < -0.3 is 19.9 Å². The van der Waals surface area contributed by atoms with Crippen molar-refractivity contribution in [1.82, 2.24) is 10.7 Å². The van der Waals surface area contributed by atoms with E-state index in [2.05, 4.69) is 15.8 Å². The Labute approximate surface area is 156 Å². The lowest BCUT2D eigenvalue weighted by molar-refractivity contribution is -0.139. The molecule has 0 spiro atoms. The first-order chi connectivity index (χ1) is 13.0. The highest BCUT2D eigenvalue weighted by molar-refractivity contribution is 6.35. The quantitative estimate of drug-likeness (QED) is 0.389. The maximum Gasteiger partial charge on any atom is 0.329 e. The van der Waals surface area contributed by atoms with Gasteiger partial charge in [0.05, 0.1) is 19.9 Å². The van der Waals surface area contributed by atoms with Crippen LogP contribution in [0.5, 0.6) is 17.2 Å². The Bertz CT molecular complexity index is 819. The summed E-state index contributed by atoms with van der Waals surface area (Å²) in [4.78, 5) is 23.5. The minimum Gasteiger partial charge on any atom is -0.504 e.